The number of aryl methyl sites for hydroxylation is 3. The Morgan fingerprint density at radius 1 is 1.23 bits per heavy atom. The molecule has 7 nitrogen and oxygen atoms in total. The van der Waals surface area contributed by atoms with Crippen molar-refractivity contribution >= 4 is 34.5 Å². The maximum absolute atomic E-state index is 12.8. The van der Waals surface area contributed by atoms with Crippen molar-refractivity contribution in [1.82, 2.24) is 4.98 Å². The Kier molecular flexibility index (Phi) is 5.65. The molecule has 2 amide bonds. The molecule has 2 heterocycles. The van der Waals surface area contributed by atoms with E-state index in [1.54, 1.807) is 24.5 Å². The van der Waals surface area contributed by atoms with Crippen LogP contribution in [0, 0.1) is 20.8 Å². The third kappa shape index (κ3) is 4.25. The van der Waals surface area contributed by atoms with Crippen molar-refractivity contribution < 1.29 is 19.1 Å². The number of anilines is 2. The van der Waals surface area contributed by atoms with Gasteiger partial charge in [0.25, 0.3) is 5.91 Å². The average Bonchev–Trinajstić information content (AvgIpc) is 3.08. The maximum Gasteiger partial charge on any atom is 0.265 e. The highest BCUT2D eigenvalue weighted by Gasteiger charge is 2.28. The van der Waals surface area contributed by atoms with E-state index < -0.39 is 0 Å². The Hall–Kier alpha value is -3.39. The first kappa shape index (κ1) is 20.9. The molecule has 0 saturated carbocycles. The smallest absolute Gasteiger partial charge is 0.265 e. The number of fused-ring (bicyclic) bond motifs is 1. The number of thiazole rings is 1. The molecule has 0 bridgehead atoms. The minimum absolute atomic E-state index is 0.109. The standard InChI is InChI=1S/C23H23N3O4S/c1-13-5-7-19(29-4)17(9-13)25-21(27)11-26-18-10-16(23-14(2)31-15(3)24-23)6-8-20(18)30-12-22(26)28/h5-10H,11-12H2,1-4H3,(H,25,27). The number of amides is 2. The summed E-state index contributed by atoms with van der Waals surface area (Å²) in [5.74, 6) is 0.525. The number of carbonyl (C=O) groups is 2. The zero-order chi connectivity index (χ0) is 22.1. The van der Waals surface area contributed by atoms with E-state index in [0.717, 1.165) is 26.7 Å². The van der Waals surface area contributed by atoms with Crippen LogP contribution in [0.25, 0.3) is 11.3 Å². The van der Waals surface area contributed by atoms with E-state index in [0.29, 0.717) is 22.9 Å². The topological polar surface area (TPSA) is 80.8 Å². The van der Waals surface area contributed by atoms with Gasteiger partial charge < -0.3 is 14.8 Å². The van der Waals surface area contributed by atoms with Gasteiger partial charge in [-0.05, 0) is 56.7 Å². The number of methoxy groups -OCH3 is 1. The number of benzene rings is 2. The molecule has 0 radical (unpaired) electrons. The second kappa shape index (κ2) is 8.39. The van der Waals surface area contributed by atoms with E-state index in [2.05, 4.69) is 10.3 Å². The van der Waals surface area contributed by atoms with Crippen LogP contribution in [0.3, 0.4) is 0 Å². The van der Waals surface area contributed by atoms with Crippen molar-refractivity contribution in [3.05, 3.63) is 51.8 Å². The van der Waals surface area contributed by atoms with E-state index in [1.807, 2.05) is 51.1 Å². The minimum Gasteiger partial charge on any atom is -0.495 e. The van der Waals surface area contributed by atoms with Crippen LogP contribution in [0.4, 0.5) is 11.4 Å². The van der Waals surface area contributed by atoms with Crippen molar-refractivity contribution in [1.29, 1.82) is 0 Å². The predicted octanol–water partition coefficient (Wildman–Crippen LogP) is 4.11. The van der Waals surface area contributed by atoms with Gasteiger partial charge in [0.05, 0.1) is 29.2 Å². The molecule has 8 heteroatoms. The molecule has 1 N–H and O–H groups in total. The first-order valence-electron chi connectivity index (χ1n) is 9.82. The van der Waals surface area contributed by atoms with Gasteiger partial charge in [-0.15, -0.1) is 11.3 Å². The molecule has 1 aliphatic heterocycles. The number of hydrogen-bond acceptors (Lipinski definition) is 6. The van der Waals surface area contributed by atoms with Gasteiger partial charge in [-0.2, -0.15) is 0 Å². The third-order valence-electron chi connectivity index (χ3n) is 5.01. The molecule has 0 unspecified atom stereocenters. The zero-order valence-corrected chi connectivity index (χ0v) is 18.6. The molecule has 0 aliphatic carbocycles. The lowest BCUT2D eigenvalue weighted by molar-refractivity contribution is -0.123. The maximum atomic E-state index is 12.8. The first-order valence-corrected chi connectivity index (χ1v) is 10.6. The summed E-state index contributed by atoms with van der Waals surface area (Å²) in [6.07, 6.45) is 0. The van der Waals surface area contributed by atoms with E-state index in [1.165, 1.54) is 4.90 Å². The minimum atomic E-state index is -0.323. The number of nitrogens with one attached hydrogen (secondary N) is 1. The fourth-order valence-corrected chi connectivity index (χ4v) is 4.41. The number of hydrogen-bond donors (Lipinski definition) is 1. The monoisotopic (exact) mass is 437 g/mol. The quantitative estimate of drug-likeness (QED) is 0.650. The van der Waals surface area contributed by atoms with Crippen molar-refractivity contribution in [2.75, 3.05) is 30.5 Å². The van der Waals surface area contributed by atoms with Gasteiger partial charge in [-0.3, -0.25) is 14.5 Å². The summed E-state index contributed by atoms with van der Waals surface area (Å²) in [6.45, 7) is 5.66. The van der Waals surface area contributed by atoms with Crippen LogP contribution in [0.1, 0.15) is 15.4 Å². The lowest BCUT2D eigenvalue weighted by atomic mass is 10.1. The van der Waals surface area contributed by atoms with Crippen LogP contribution in [0.15, 0.2) is 36.4 Å². The molecule has 1 aromatic heterocycles. The van der Waals surface area contributed by atoms with E-state index in [4.69, 9.17) is 9.47 Å². The molecule has 2 aromatic carbocycles. The summed E-state index contributed by atoms with van der Waals surface area (Å²) in [5.41, 5.74) is 3.87. The summed E-state index contributed by atoms with van der Waals surface area (Å²) in [5, 5.41) is 3.82. The van der Waals surface area contributed by atoms with Gasteiger partial charge in [-0.25, -0.2) is 4.98 Å². The van der Waals surface area contributed by atoms with Crippen LogP contribution in [-0.4, -0.2) is 37.1 Å². The zero-order valence-electron chi connectivity index (χ0n) is 17.8. The van der Waals surface area contributed by atoms with Gasteiger partial charge in [0.1, 0.15) is 18.0 Å². The summed E-state index contributed by atoms with van der Waals surface area (Å²) in [6, 6.07) is 11.1. The molecule has 0 saturated heterocycles. The Balaban J connectivity index is 1.62. The van der Waals surface area contributed by atoms with Crippen molar-refractivity contribution in [3.8, 4) is 22.8 Å². The Bertz CT molecular complexity index is 1170. The van der Waals surface area contributed by atoms with Gasteiger partial charge >= 0.3 is 0 Å². The van der Waals surface area contributed by atoms with Gasteiger partial charge in [-0.1, -0.05) is 6.07 Å². The van der Waals surface area contributed by atoms with Crippen LogP contribution in [0.5, 0.6) is 11.5 Å². The number of nitrogens with zero attached hydrogens (tertiary/aromatic N) is 2. The van der Waals surface area contributed by atoms with Crippen molar-refractivity contribution in [3.63, 3.8) is 0 Å². The average molecular weight is 438 g/mol. The van der Waals surface area contributed by atoms with Crippen molar-refractivity contribution in [2.45, 2.75) is 20.8 Å². The normalized spacial score (nSPS) is 12.9. The van der Waals surface area contributed by atoms with Gasteiger partial charge in [0.15, 0.2) is 6.61 Å². The summed E-state index contributed by atoms with van der Waals surface area (Å²) < 4.78 is 10.9. The highest BCUT2D eigenvalue weighted by Crippen LogP contribution is 2.37. The molecule has 0 atom stereocenters. The second-order valence-corrected chi connectivity index (χ2v) is 8.75. The second-order valence-electron chi connectivity index (χ2n) is 7.34. The van der Waals surface area contributed by atoms with Crippen LogP contribution in [-0.2, 0) is 9.59 Å². The van der Waals surface area contributed by atoms with Crippen LogP contribution >= 0.6 is 11.3 Å². The number of rotatable bonds is 5. The van der Waals surface area contributed by atoms with Gasteiger partial charge in [0.2, 0.25) is 5.91 Å². The fourth-order valence-electron chi connectivity index (χ4n) is 3.57. The lowest BCUT2D eigenvalue weighted by Crippen LogP contribution is -2.43. The number of carbonyl (C=O) groups excluding carboxylic acids is 2. The van der Waals surface area contributed by atoms with E-state index in [-0.39, 0.29) is 25.0 Å². The molecule has 160 valence electrons. The molecule has 4 rings (SSSR count). The number of ether oxygens (including phenoxy) is 2. The summed E-state index contributed by atoms with van der Waals surface area (Å²) in [7, 11) is 1.55. The van der Waals surface area contributed by atoms with Gasteiger partial charge in [0, 0.05) is 10.4 Å². The first-order chi connectivity index (χ1) is 14.9. The Morgan fingerprint density at radius 2 is 2.03 bits per heavy atom. The molecular formula is C23H23N3O4S. The summed E-state index contributed by atoms with van der Waals surface area (Å²) in [4.78, 5) is 32.6. The molecular weight excluding hydrogens is 414 g/mol. The number of aromatic nitrogens is 1. The highest BCUT2D eigenvalue weighted by molar-refractivity contribution is 7.11. The van der Waals surface area contributed by atoms with Crippen molar-refractivity contribution in [2.24, 2.45) is 0 Å². The third-order valence-corrected chi connectivity index (χ3v) is 5.90. The molecule has 1 aliphatic rings. The summed E-state index contributed by atoms with van der Waals surface area (Å²) >= 11 is 1.62. The van der Waals surface area contributed by atoms with Crippen LogP contribution in [0.2, 0.25) is 0 Å². The molecule has 0 spiro atoms. The predicted molar refractivity (Wildman–Crippen MR) is 121 cm³/mol. The molecule has 0 fully saturated rings. The Labute approximate surface area is 184 Å². The highest BCUT2D eigenvalue weighted by atomic mass is 32.1. The fraction of sp³-hybridized carbons (Fsp3) is 0.261. The van der Waals surface area contributed by atoms with Crippen LogP contribution < -0.4 is 19.7 Å². The molecule has 31 heavy (non-hydrogen) atoms. The Morgan fingerprint density at radius 3 is 2.74 bits per heavy atom. The SMILES string of the molecule is COc1ccc(C)cc1NC(=O)CN1C(=O)COc2ccc(-c3nc(C)sc3C)cc21. The van der Waals surface area contributed by atoms with E-state index in [9.17, 15) is 9.59 Å². The van der Waals surface area contributed by atoms with E-state index >= 15 is 0 Å². The lowest BCUT2D eigenvalue weighted by Gasteiger charge is -2.29. The largest absolute Gasteiger partial charge is 0.495 e. The molecule has 3 aromatic rings.